The van der Waals surface area contributed by atoms with Crippen LogP contribution in [-0.2, 0) is 25.7 Å². The third-order valence-electron chi connectivity index (χ3n) is 8.34. The lowest BCUT2D eigenvalue weighted by Crippen LogP contribution is -2.56. The molecule has 1 aromatic heterocycles. The monoisotopic (exact) mass is 650 g/mol. The van der Waals surface area contributed by atoms with Gasteiger partial charge in [0.25, 0.3) is 5.91 Å². The van der Waals surface area contributed by atoms with Gasteiger partial charge >= 0.3 is 0 Å². The number of aromatic nitrogens is 2. The molecule has 4 N–H and O–H groups in total. The number of imidazole rings is 1. The Labute approximate surface area is 280 Å². The number of likely N-dealkylation sites (tertiary alicyclic amines) is 1. The number of nitrogens with one attached hydrogen (secondary N) is 2. The quantitative estimate of drug-likeness (QED) is 0.186. The molecule has 2 heterocycles. The largest absolute Gasteiger partial charge is 0.374 e. The van der Waals surface area contributed by atoms with E-state index in [2.05, 4.69) is 15.6 Å². The van der Waals surface area contributed by atoms with Gasteiger partial charge in [0.2, 0.25) is 11.8 Å². The van der Waals surface area contributed by atoms with Crippen LogP contribution in [0, 0.1) is 5.92 Å². The molecule has 1 aliphatic heterocycles. The Hall–Kier alpha value is -5.13. The highest BCUT2D eigenvalue weighted by atomic mass is 16.5. The maximum Gasteiger partial charge on any atom is 0.250 e. The normalized spacial score (nSPS) is 14.9. The lowest BCUT2D eigenvalue weighted by atomic mass is 9.88. The van der Waals surface area contributed by atoms with Crippen LogP contribution in [0.5, 0.6) is 0 Å². The first-order valence-corrected chi connectivity index (χ1v) is 16.1. The van der Waals surface area contributed by atoms with Crippen molar-refractivity contribution in [3.63, 3.8) is 0 Å². The van der Waals surface area contributed by atoms with Gasteiger partial charge in [0.1, 0.15) is 12.1 Å². The average Bonchev–Trinajstić information content (AvgIpc) is 3.56. The maximum atomic E-state index is 14.1. The topological polar surface area (TPSA) is 149 Å². The molecule has 1 saturated heterocycles. The number of Topliss-reactive ketones (excluding diaryl/α,β-unsaturated/α-hetero) is 1. The molecular formula is C37H42N6O5. The molecule has 250 valence electrons. The van der Waals surface area contributed by atoms with Crippen LogP contribution in [0.3, 0.4) is 0 Å². The molecule has 0 spiro atoms. The molecule has 48 heavy (non-hydrogen) atoms. The van der Waals surface area contributed by atoms with E-state index < -0.39 is 29.4 Å². The average molecular weight is 651 g/mol. The first-order chi connectivity index (χ1) is 23.1. The fraction of sp³-hybridized carbons (Fsp3) is 0.324. The van der Waals surface area contributed by atoms with Crippen LogP contribution < -0.4 is 16.4 Å². The Bertz CT molecular complexity index is 1680. The van der Waals surface area contributed by atoms with E-state index in [0.717, 1.165) is 11.1 Å². The molecule has 11 nitrogen and oxygen atoms in total. The molecule has 11 heteroatoms. The minimum absolute atomic E-state index is 0.100. The summed E-state index contributed by atoms with van der Waals surface area (Å²) in [5.41, 5.74) is 7.13. The molecule has 1 unspecified atom stereocenters. The van der Waals surface area contributed by atoms with Crippen LogP contribution >= 0.6 is 0 Å². The predicted molar refractivity (Wildman–Crippen MR) is 182 cm³/mol. The summed E-state index contributed by atoms with van der Waals surface area (Å²) in [6, 6.07) is 26.3. The van der Waals surface area contributed by atoms with Crippen molar-refractivity contribution in [2.75, 3.05) is 25.0 Å². The van der Waals surface area contributed by atoms with Gasteiger partial charge in [-0.3, -0.25) is 19.2 Å². The van der Waals surface area contributed by atoms with E-state index in [1.807, 2.05) is 91.0 Å². The van der Waals surface area contributed by atoms with E-state index in [1.165, 1.54) is 6.33 Å². The van der Waals surface area contributed by atoms with Crippen LogP contribution in [0.25, 0.3) is 0 Å². The summed E-state index contributed by atoms with van der Waals surface area (Å²) >= 11 is 0. The third-order valence-corrected chi connectivity index (χ3v) is 8.34. The van der Waals surface area contributed by atoms with E-state index >= 15 is 0 Å². The smallest absolute Gasteiger partial charge is 0.250 e. The highest BCUT2D eigenvalue weighted by molar-refractivity contribution is 5.98. The number of ether oxygens (including phenoxy) is 1. The number of hydrogen-bond acceptors (Lipinski definition) is 7. The van der Waals surface area contributed by atoms with Crippen LogP contribution in [0.1, 0.15) is 54.2 Å². The maximum absolute atomic E-state index is 14.1. The second-order valence-corrected chi connectivity index (χ2v) is 12.6. The summed E-state index contributed by atoms with van der Waals surface area (Å²) in [5, 5.41) is 5.44. The van der Waals surface area contributed by atoms with E-state index in [-0.39, 0.29) is 36.6 Å². The van der Waals surface area contributed by atoms with E-state index in [1.54, 1.807) is 29.5 Å². The van der Waals surface area contributed by atoms with Crippen molar-refractivity contribution in [3.05, 3.63) is 120 Å². The van der Waals surface area contributed by atoms with Crippen LogP contribution in [0.15, 0.2) is 104 Å². The molecule has 0 saturated carbocycles. The number of amides is 3. The van der Waals surface area contributed by atoms with Crippen LogP contribution in [-0.4, -0.2) is 69.2 Å². The Balaban J connectivity index is 1.28. The minimum Gasteiger partial charge on any atom is -0.374 e. The van der Waals surface area contributed by atoms with Gasteiger partial charge in [-0.05, 0) is 37.8 Å². The van der Waals surface area contributed by atoms with Gasteiger partial charge in [-0.2, -0.15) is 0 Å². The Morgan fingerprint density at radius 1 is 0.917 bits per heavy atom. The van der Waals surface area contributed by atoms with E-state index in [0.29, 0.717) is 31.5 Å². The number of anilines is 1. The molecule has 3 amide bonds. The molecular weight excluding hydrogens is 608 g/mol. The third kappa shape index (κ3) is 8.81. The molecule has 5 rings (SSSR count). The van der Waals surface area contributed by atoms with E-state index in [4.69, 9.17) is 10.5 Å². The highest BCUT2D eigenvalue weighted by Gasteiger charge is 2.33. The standard InChI is InChI=1S/C37H42N6O5/c1-37(2,38)36(47)40-30(24-48-23-26-12-6-3-7-13-26)34(45)41-31-22-43(25-39-31)32(27-14-8-4-9-15-27)35(46)42-20-18-29(19-21-42)33(44)28-16-10-5-11-17-28/h3-17,22,25,29-30,32H,18-21,23-24,38H2,1-2H3,(H,40,47)(H,41,45)/t30-,32?/m1/s1. The molecule has 0 bridgehead atoms. The number of nitrogens with two attached hydrogens (primary N) is 1. The number of benzene rings is 3. The molecule has 1 fully saturated rings. The number of carbonyl (C=O) groups excluding carboxylic acids is 4. The number of ketones is 1. The SMILES string of the molecule is CC(C)(N)C(=O)N[C@H](COCc1ccccc1)C(=O)Nc1cn(C(C(=O)N2CCC(C(=O)c3ccccc3)CC2)c2ccccc2)cn1. The fourth-order valence-corrected chi connectivity index (χ4v) is 5.60. The van der Waals surface area contributed by atoms with Gasteiger partial charge in [0.05, 0.1) is 25.1 Å². The van der Waals surface area contributed by atoms with Gasteiger partial charge < -0.3 is 30.6 Å². The van der Waals surface area contributed by atoms with Crippen LogP contribution in [0.2, 0.25) is 0 Å². The van der Waals surface area contributed by atoms with E-state index in [9.17, 15) is 19.2 Å². The summed E-state index contributed by atoms with van der Waals surface area (Å²) < 4.78 is 7.45. The first kappa shape index (κ1) is 34.2. The number of rotatable bonds is 13. The molecule has 2 atom stereocenters. The van der Waals surface area contributed by atoms with Crippen LogP contribution in [0.4, 0.5) is 5.82 Å². The molecule has 0 aliphatic carbocycles. The van der Waals surface area contributed by atoms with Gasteiger partial charge in [-0.15, -0.1) is 0 Å². The summed E-state index contributed by atoms with van der Waals surface area (Å²) in [6.07, 6.45) is 4.24. The number of hydrogen-bond donors (Lipinski definition) is 3. The summed E-state index contributed by atoms with van der Waals surface area (Å²) in [7, 11) is 0. The van der Waals surface area contributed by atoms with Crippen molar-refractivity contribution in [2.24, 2.45) is 11.7 Å². The zero-order valence-corrected chi connectivity index (χ0v) is 27.2. The van der Waals surface area contributed by atoms with Crippen molar-refractivity contribution in [1.82, 2.24) is 19.8 Å². The summed E-state index contributed by atoms with van der Waals surface area (Å²) in [6.45, 7) is 4.15. The van der Waals surface area contributed by atoms with Crippen molar-refractivity contribution in [1.29, 1.82) is 0 Å². The number of carbonyl (C=O) groups is 4. The first-order valence-electron chi connectivity index (χ1n) is 16.1. The van der Waals surface area contributed by atoms with Crippen molar-refractivity contribution < 1.29 is 23.9 Å². The Kier molecular flexibility index (Phi) is 11.1. The van der Waals surface area contributed by atoms with Crippen molar-refractivity contribution >= 4 is 29.3 Å². The lowest BCUT2D eigenvalue weighted by Gasteiger charge is -2.34. The highest BCUT2D eigenvalue weighted by Crippen LogP contribution is 2.27. The molecule has 1 aliphatic rings. The number of piperidine rings is 1. The lowest BCUT2D eigenvalue weighted by molar-refractivity contribution is -0.134. The van der Waals surface area contributed by atoms with Gasteiger partial charge in [-0.25, -0.2) is 4.98 Å². The summed E-state index contributed by atoms with van der Waals surface area (Å²) in [5.74, 6) is -1.02. The zero-order valence-electron chi connectivity index (χ0n) is 27.2. The molecule has 3 aromatic carbocycles. The van der Waals surface area contributed by atoms with Gasteiger partial charge in [0, 0.05) is 30.8 Å². The second kappa shape index (κ2) is 15.6. The fourth-order valence-electron chi connectivity index (χ4n) is 5.60. The predicted octanol–water partition coefficient (Wildman–Crippen LogP) is 3.97. The molecule has 0 radical (unpaired) electrons. The Morgan fingerprint density at radius 3 is 2.15 bits per heavy atom. The zero-order chi connectivity index (χ0) is 34.1. The number of nitrogens with zero attached hydrogens (tertiary/aromatic N) is 3. The van der Waals surface area contributed by atoms with Gasteiger partial charge in [-0.1, -0.05) is 91.0 Å². The van der Waals surface area contributed by atoms with Gasteiger partial charge in [0.15, 0.2) is 11.6 Å². The second-order valence-electron chi connectivity index (χ2n) is 12.6. The Morgan fingerprint density at radius 2 is 1.52 bits per heavy atom. The summed E-state index contributed by atoms with van der Waals surface area (Å²) in [4.78, 5) is 59.4. The molecule has 4 aromatic rings. The van der Waals surface area contributed by atoms with Crippen molar-refractivity contribution in [2.45, 2.75) is 50.9 Å². The minimum atomic E-state index is -1.22. The van der Waals surface area contributed by atoms with Crippen molar-refractivity contribution in [3.8, 4) is 0 Å².